The van der Waals surface area contributed by atoms with E-state index in [-0.39, 0.29) is 132 Å². The van der Waals surface area contributed by atoms with Gasteiger partial charge in [-0.2, -0.15) is 0 Å². The zero-order valence-electron chi connectivity index (χ0n) is 46.5. The van der Waals surface area contributed by atoms with E-state index in [4.69, 9.17) is 163 Å². The molecule has 0 rings (SSSR count). The van der Waals surface area contributed by atoms with Crippen molar-refractivity contribution in [3.63, 3.8) is 0 Å². The number of aliphatic carboxylic acids is 2. The molecule has 0 aromatic heterocycles. The Bertz CT molecular complexity index is 760. The van der Waals surface area contributed by atoms with Crippen LogP contribution in [-0.4, -0.2) is 369 Å². The zero-order valence-corrected chi connectivity index (χ0v) is 46.5. The van der Waals surface area contributed by atoms with E-state index in [1.807, 2.05) is 0 Å². The first-order valence-corrected chi connectivity index (χ1v) is 25.0. The Kier molecular flexibility index (Phi) is 135. The van der Waals surface area contributed by atoms with Gasteiger partial charge in [0, 0.05) is 12.8 Å². The highest BCUT2D eigenvalue weighted by molar-refractivity contribution is 5.66. The molecule has 0 spiro atoms. The number of carboxylic acids is 2. The number of carbonyl (C=O) groups is 2. The molecule has 0 saturated heterocycles. The van der Waals surface area contributed by atoms with Crippen LogP contribution < -0.4 is 0 Å². The smallest absolute Gasteiger partial charge is 0.303 e. The van der Waals surface area contributed by atoms with Crippen LogP contribution in [-0.2, 0) is 9.59 Å². The molecule has 0 saturated carbocycles. The molecule has 0 aliphatic carbocycles. The largest absolute Gasteiger partial charge is 0.481 e. The van der Waals surface area contributed by atoms with Gasteiger partial charge in [-0.25, -0.2) is 0 Å². The van der Waals surface area contributed by atoms with Crippen molar-refractivity contribution >= 4 is 11.9 Å². The van der Waals surface area contributed by atoms with Crippen LogP contribution in [0.2, 0.25) is 0 Å². The average Bonchev–Trinajstić information content (AvgIpc) is 3.49. The third-order valence-corrected chi connectivity index (χ3v) is 7.20. The Morgan fingerprint density at radius 2 is 0.312 bits per heavy atom. The molecule has 0 aliphatic rings. The van der Waals surface area contributed by atoms with Crippen LogP contribution in [0.5, 0.6) is 0 Å². The Morgan fingerprint density at radius 3 is 0.375 bits per heavy atom. The van der Waals surface area contributed by atoms with Gasteiger partial charge in [-0.3, -0.25) is 9.59 Å². The lowest BCUT2D eigenvalue weighted by Crippen LogP contribution is -2.15. The normalized spacial score (nSPS) is 9.93. The fraction of sp³-hybridized carbons (Fsp3) is 0.957. The maximum atomic E-state index is 10.0. The summed E-state index contributed by atoms with van der Waals surface area (Å²) in [5.74, 6) is -1.34. The van der Waals surface area contributed by atoms with Gasteiger partial charge < -0.3 is 163 Å². The molecule has 0 heterocycles. The standard InChI is InChI=1S/2C8H16O2.10C3H8O3/c2*1-2-3-4-5-6-7-8(9)10;10*4-1-3(6)2-5/h2*2-7H2,1H3,(H,9,10);10*3-6H,1-2H2. The summed E-state index contributed by atoms with van der Waals surface area (Å²) in [5.41, 5.74) is 0. The molecule has 34 heteroatoms. The average molecular weight is 1210 g/mol. The molecule has 0 aromatic rings. The molecule has 80 heavy (non-hydrogen) atoms. The maximum Gasteiger partial charge on any atom is 0.303 e. The predicted molar refractivity (Wildman–Crippen MR) is 284 cm³/mol. The van der Waals surface area contributed by atoms with Crippen LogP contribution in [0.3, 0.4) is 0 Å². The predicted octanol–water partition coefficient (Wildman–Crippen LogP) is -11.8. The van der Waals surface area contributed by atoms with E-state index in [0.717, 1.165) is 25.7 Å². The van der Waals surface area contributed by atoms with Crippen molar-refractivity contribution in [1.82, 2.24) is 0 Å². The number of hydrogen-bond acceptors (Lipinski definition) is 32. The van der Waals surface area contributed by atoms with E-state index >= 15 is 0 Å². The molecule has 0 aliphatic heterocycles. The third-order valence-electron chi connectivity index (χ3n) is 7.20. The highest BCUT2D eigenvalue weighted by atomic mass is 16.4. The molecular formula is C46H112O34. The first kappa shape index (κ1) is 106. The molecule has 500 valence electrons. The van der Waals surface area contributed by atoms with Crippen molar-refractivity contribution in [2.45, 2.75) is 152 Å². The van der Waals surface area contributed by atoms with E-state index in [1.165, 1.54) is 38.5 Å². The number of rotatable bonds is 32. The summed E-state index contributed by atoms with van der Waals surface area (Å²) < 4.78 is 0. The Hall–Kier alpha value is -2.26. The molecule has 0 amide bonds. The highest BCUT2D eigenvalue weighted by Crippen LogP contribution is 2.05. The summed E-state index contributed by atoms with van der Waals surface area (Å²) in [6.45, 7) is -2.99. The third kappa shape index (κ3) is 158. The SMILES string of the molecule is CCCCCCCC(=O)O.CCCCCCCC(=O)O.OCC(O)CO.OCC(O)CO.OCC(O)CO.OCC(O)CO.OCC(O)CO.OCC(O)CO.OCC(O)CO.OCC(O)CO.OCC(O)CO.OCC(O)CO. The summed E-state index contributed by atoms with van der Waals surface area (Å²) in [7, 11) is 0. The number of unbranched alkanes of at least 4 members (excludes halogenated alkanes) is 8. The Morgan fingerprint density at radius 1 is 0.212 bits per heavy atom. The van der Waals surface area contributed by atoms with Crippen LogP contribution in [0.25, 0.3) is 0 Å². The molecule has 0 atom stereocenters. The Labute approximate surface area is 468 Å². The van der Waals surface area contributed by atoms with Gasteiger partial charge in [-0.05, 0) is 12.8 Å². The number of hydrogen-bond donors (Lipinski definition) is 32. The maximum absolute atomic E-state index is 10.0. The fourth-order valence-corrected chi connectivity index (χ4v) is 2.34. The molecular weight excluding hydrogens is 1100 g/mol. The van der Waals surface area contributed by atoms with E-state index in [0.29, 0.717) is 12.8 Å². The first-order valence-electron chi connectivity index (χ1n) is 25.0. The highest BCUT2D eigenvalue weighted by Gasteiger charge is 2.00. The summed E-state index contributed by atoms with van der Waals surface area (Å²) in [6, 6.07) is 0. The van der Waals surface area contributed by atoms with Crippen molar-refractivity contribution < 1.29 is 173 Å². The summed E-state index contributed by atoms with van der Waals surface area (Å²) in [6.07, 6.45) is 2.23. The molecule has 0 unspecified atom stereocenters. The topological polar surface area (TPSA) is 682 Å². The van der Waals surface area contributed by atoms with Crippen LogP contribution in [0.15, 0.2) is 0 Å². The summed E-state index contributed by atoms with van der Waals surface area (Å²) in [4.78, 5) is 20.1. The van der Waals surface area contributed by atoms with Gasteiger partial charge in [-0.15, -0.1) is 0 Å². The van der Waals surface area contributed by atoms with Crippen LogP contribution in [0.4, 0.5) is 0 Å². The van der Waals surface area contributed by atoms with Crippen LogP contribution in [0.1, 0.15) is 90.9 Å². The van der Waals surface area contributed by atoms with Gasteiger partial charge in [-0.1, -0.05) is 65.2 Å². The van der Waals surface area contributed by atoms with Crippen molar-refractivity contribution in [3.8, 4) is 0 Å². The van der Waals surface area contributed by atoms with E-state index < -0.39 is 73.0 Å². The molecule has 32 N–H and O–H groups in total. The van der Waals surface area contributed by atoms with E-state index in [1.54, 1.807) is 0 Å². The van der Waals surface area contributed by atoms with Crippen molar-refractivity contribution in [2.75, 3.05) is 132 Å². The quantitative estimate of drug-likeness (QED) is 0.0278. The minimum Gasteiger partial charge on any atom is -0.481 e. The van der Waals surface area contributed by atoms with Crippen LogP contribution >= 0.6 is 0 Å². The number of aliphatic hydroxyl groups excluding tert-OH is 30. The zero-order chi connectivity index (χ0) is 65.6. The van der Waals surface area contributed by atoms with Gasteiger partial charge in [0.25, 0.3) is 0 Å². The molecule has 0 aromatic carbocycles. The molecule has 0 radical (unpaired) electrons. The Balaban J connectivity index is -0.0000000634. The van der Waals surface area contributed by atoms with Crippen LogP contribution in [0, 0.1) is 0 Å². The van der Waals surface area contributed by atoms with Gasteiger partial charge in [0.15, 0.2) is 0 Å². The molecule has 0 fully saturated rings. The first-order chi connectivity index (χ1) is 37.6. The summed E-state index contributed by atoms with van der Waals surface area (Å²) in [5, 5.41) is 257. The minimum atomic E-state index is -0.954. The molecule has 34 nitrogen and oxygen atoms in total. The summed E-state index contributed by atoms with van der Waals surface area (Å²) >= 11 is 0. The van der Waals surface area contributed by atoms with Crippen molar-refractivity contribution in [1.29, 1.82) is 0 Å². The minimum absolute atomic E-state index is 0.337. The van der Waals surface area contributed by atoms with Gasteiger partial charge >= 0.3 is 11.9 Å². The van der Waals surface area contributed by atoms with Gasteiger partial charge in [0.05, 0.1) is 132 Å². The second kappa shape index (κ2) is 102. The van der Waals surface area contributed by atoms with Crippen molar-refractivity contribution in [2.24, 2.45) is 0 Å². The number of carboxylic acid groups (broad SMARTS) is 2. The lowest BCUT2D eigenvalue weighted by molar-refractivity contribution is -0.138. The van der Waals surface area contributed by atoms with E-state index in [2.05, 4.69) is 13.8 Å². The lowest BCUT2D eigenvalue weighted by Gasteiger charge is -1.96. The van der Waals surface area contributed by atoms with Gasteiger partial charge in [0.1, 0.15) is 61.0 Å². The lowest BCUT2D eigenvalue weighted by atomic mass is 10.1. The van der Waals surface area contributed by atoms with Gasteiger partial charge in [0.2, 0.25) is 0 Å². The molecule has 0 bridgehead atoms. The fourth-order valence-electron chi connectivity index (χ4n) is 2.34. The van der Waals surface area contributed by atoms with Crippen molar-refractivity contribution in [3.05, 3.63) is 0 Å². The van der Waals surface area contributed by atoms with E-state index in [9.17, 15) is 9.59 Å². The second-order valence-electron chi connectivity index (χ2n) is 15.3. The number of aliphatic hydroxyl groups is 30. The monoisotopic (exact) mass is 1210 g/mol. The second-order valence-corrected chi connectivity index (χ2v) is 15.3.